The third-order valence-electron chi connectivity index (χ3n) is 3.92. The van der Waals surface area contributed by atoms with E-state index in [-0.39, 0.29) is 23.0 Å². The van der Waals surface area contributed by atoms with Gasteiger partial charge in [0.25, 0.3) is 5.91 Å². The van der Waals surface area contributed by atoms with Gasteiger partial charge in [0.05, 0.1) is 24.2 Å². The van der Waals surface area contributed by atoms with Gasteiger partial charge in [-0.15, -0.1) is 11.3 Å². The number of ketones is 1. The number of Topliss-reactive ketones (excluding diaryl/α,β-unsaturated/α-hetero) is 1. The van der Waals surface area contributed by atoms with Crippen molar-refractivity contribution in [2.24, 2.45) is 0 Å². The smallest absolute Gasteiger partial charge is 0.341 e. The van der Waals surface area contributed by atoms with E-state index in [4.69, 9.17) is 14.2 Å². The van der Waals surface area contributed by atoms with Crippen molar-refractivity contribution in [3.8, 4) is 11.5 Å². The Morgan fingerprint density at radius 1 is 1.14 bits per heavy atom. The Labute approximate surface area is 167 Å². The summed E-state index contributed by atoms with van der Waals surface area (Å²) >= 11 is 1.05. The molecule has 1 N–H and O–H groups in total. The molecule has 2 rings (SSSR count). The number of rotatable bonds is 8. The van der Waals surface area contributed by atoms with Gasteiger partial charge in [-0.25, -0.2) is 4.79 Å². The molecule has 7 nitrogen and oxygen atoms in total. The molecular formula is C20H23NO6S. The molecule has 1 heterocycles. The molecule has 0 aliphatic rings. The summed E-state index contributed by atoms with van der Waals surface area (Å²) in [6.07, 6.45) is -0.827. The molecule has 1 atom stereocenters. The first-order valence-electron chi connectivity index (χ1n) is 8.71. The van der Waals surface area contributed by atoms with E-state index in [1.807, 2.05) is 0 Å². The molecule has 28 heavy (non-hydrogen) atoms. The lowest BCUT2D eigenvalue weighted by atomic mass is 10.1. The SMILES string of the molecule is CCOC(=O)c1c(NC(=O)C(C)Oc2ccc(OC)cc2)sc(C(C)=O)c1C. The van der Waals surface area contributed by atoms with Crippen LogP contribution in [0.4, 0.5) is 5.00 Å². The van der Waals surface area contributed by atoms with Crippen molar-refractivity contribution in [2.75, 3.05) is 19.0 Å². The van der Waals surface area contributed by atoms with Crippen LogP contribution in [-0.2, 0) is 9.53 Å². The Bertz CT molecular complexity index is 872. The first-order valence-corrected chi connectivity index (χ1v) is 9.53. The molecule has 0 fully saturated rings. The average molecular weight is 405 g/mol. The van der Waals surface area contributed by atoms with E-state index >= 15 is 0 Å². The fourth-order valence-electron chi connectivity index (χ4n) is 2.51. The number of carbonyl (C=O) groups is 3. The van der Waals surface area contributed by atoms with Crippen LogP contribution < -0.4 is 14.8 Å². The Hall–Kier alpha value is -2.87. The fourth-order valence-corrected chi connectivity index (χ4v) is 3.61. The first kappa shape index (κ1) is 21.4. The summed E-state index contributed by atoms with van der Waals surface area (Å²) in [6, 6.07) is 6.83. The zero-order chi connectivity index (χ0) is 20.8. The second-order valence-corrected chi connectivity index (χ2v) is 6.98. The maximum Gasteiger partial charge on any atom is 0.341 e. The highest BCUT2D eigenvalue weighted by Gasteiger charge is 2.26. The molecule has 1 unspecified atom stereocenters. The van der Waals surface area contributed by atoms with Gasteiger partial charge >= 0.3 is 5.97 Å². The van der Waals surface area contributed by atoms with Crippen molar-refractivity contribution in [2.45, 2.75) is 33.8 Å². The highest BCUT2D eigenvalue weighted by Crippen LogP contribution is 2.34. The molecule has 0 aliphatic carbocycles. The Kier molecular flexibility index (Phi) is 7.17. The standard InChI is InChI=1S/C20H23NO6S/c1-6-26-20(24)16-11(2)17(12(3)22)28-19(16)21-18(23)13(4)27-15-9-7-14(25-5)8-10-15/h7-10,13H,6H2,1-5H3,(H,21,23). The number of methoxy groups -OCH3 is 1. The van der Waals surface area contributed by atoms with Crippen molar-refractivity contribution in [1.29, 1.82) is 0 Å². The van der Waals surface area contributed by atoms with Crippen LogP contribution in [0.3, 0.4) is 0 Å². The van der Waals surface area contributed by atoms with Gasteiger partial charge in [-0.3, -0.25) is 9.59 Å². The highest BCUT2D eigenvalue weighted by atomic mass is 32.1. The van der Waals surface area contributed by atoms with Crippen molar-refractivity contribution < 1.29 is 28.6 Å². The normalized spacial score (nSPS) is 11.5. The second-order valence-electron chi connectivity index (χ2n) is 5.96. The van der Waals surface area contributed by atoms with Crippen LogP contribution in [0.25, 0.3) is 0 Å². The summed E-state index contributed by atoms with van der Waals surface area (Å²) in [4.78, 5) is 37.1. The van der Waals surface area contributed by atoms with Crippen molar-refractivity contribution >= 4 is 34.0 Å². The fraction of sp³-hybridized carbons (Fsp3) is 0.350. The number of thiophene rings is 1. The van der Waals surface area contributed by atoms with E-state index < -0.39 is 18.0 Å². The van der Waals surface area contributed by atoms with Gasteiger partial charge in [0.1, 0.15) is 16.5 Å². The second kappa shape index (κ2) is 9.36. The molecule has 0 saturated carbocycles. The molecule has 0 spiro atoms. The Morgan fingerprint density at radius 3 is 2.29 bits per heavy atom. The third-order valence-corrected chi connectivity index (χ3v) is 5.23. The molecule has 0 saturated heterocycles. The van der Waals surface area contributed by atoms with Gasteiger partial charge in [0.2, 0.25) is 0 Å². The zero-order valence-electron chi connectivity index (χ0n) is 16.5. The number of nitrogens with one attached hydrogen (secondary N) is 1. The van der Waals surface area contributed by atoms with Crippen LogP contribution in [0.15, 0.2) is 24.3 Å². The number of hydrogen-bond acceptors (Lipinski definition) is 7. The minimum Gasteiger partial charge on any atom is -0.497 e. The first-order chi connectivity index (χ1) is 13.3. The molecule has 1 amide bonds. The molecule has 0 aliphatic heterocycles. The minimum absolute atomic E-state index is 0.184. The van der Waals surface area contributed by atoms with Gasteiger partial charge in [-0.1, -0.05) is 0 Å². The number of esters is 1. The van der Waals surface area contributed by atoms with Crippen LogP contribution in [0.1, 0.15) is 46.4 Å². The van der Waals surface area contributed by atoms with Gasteiger partial charge < -0.3 is 19.5 Å². The van der Waals surface area contributed by atoms with Crippen LogP contribution in [0.2, 0.25) is 0 Å². The third kappa shape index (κ3) is 4.89. The van der Waals surface area contributed by atoms with Gasteiger partial charge in [-0.05, 0) is 57.5 Å². The topological polar surface area (TPSA) is 90.9 Å². The predicted octanol–water partition coefficient (Wildman–Crippen LogP) is 3.85. The molecule has 2 aromatic rings. The number of hydrogen-bond donors (Lipinski definition) is 1. The quantitative estimate of drug-likeness (QED) is 0.530. The number of anilines is 1. The predicted molar refractivity (Wildman–Crippen MR) is 107 cm³/mol. The van der Waals surface area contributed by atoms with Crippen LogP contribution in [0.5, 0.6) is 11.5 Å². The van der Waals surface area contributed by atoms with Crippen molar-refractivity contribution in [3.63, 3.8) is 0 Å². The van der Waals surface area contributed by atoms with Gasteiger partial charge in [0.15, 0.2) is 11.9 Å². The number of ether oxygens (including phenoxy) is 3. The van der Waals surface area contributed by atoms with E-state index in [1.165, 1.54) is 6.92 Å². The minimum atomic E-state index is -0.827. The summed E-state index contributed by atoms with van der Waals surface area (Å²) in [5.74, 6) is -0.0354. The van der Waals surface area contributed by atoms with Crippen LogP contribution in [-0.4, -0.2) is 37.5 Å². The lowest BCUT2D eigenvalue weighted by Gasteiger charge is -2.15. The summed E-state index contributed by atoms with van der Waals surface area (Å²) in [7, 11) is 1.56. The van der Waals surface area contributed by atoms with Gasteiger partial charge in [0, 0.05) is 0 Å². The summed E-state index contributed by atoms with van der Waals surface area (Å²) in [6.45, 7) is 6.54. The van der Waals surface area contributed by atoms with E-state index in [1.54, 1.807) is 52.1 Å². The van der Waals surface area contributed by atoms with Crippen LogP contribution >= 0.6 is 11.3 Å². The summed E-state index contributed by atoms with van der Waals surface area (Å²) < 4.78 is 15.8. The van der Waals surface area contributed by atoms with Crippen LogP contribution in [0, 0.1) is 6.92 Å². The molecule has 0 radical (unpaired) electrons. The maximum absolute atomic E-state index is 12.6. The van der Waals surface area contributed by atoms with Crippen molar-refractivity contribution in [1.82, 2.24) is 0 Å². The molecule has 8 heteroatoms. The molecule has 1 aromatic heterocycles. The maximum atomic E-state index is 12.6. The molecule has 150 valence electrons. The monoisotopic (exact) mass is 405 g/mol. The molecule has 0 bridgehead atoms. The van der Waals surface area contributed by atoms with E-state index in [9.17, 15) is 14.4 Å². The lowest BCUT2D eigenvalue weighted by molar-refractivity contribution is -0.122. The largest absolute Gasteiger partial charge is 0.497 e. The summed E-state index contributed by atoms with van der Waals surface area (Å²) in [5, 5.41) is 2.96. The van der Waals surface area contributed by atoms with E-state index in [0.29, 0.717) is 21.9 Å². The van der Waals surface area contributed by atoms with E-state index in [0.717, 1.165) is 11.3 Å². The summed E-state index contributed by atoms with van der Waals surface area (Å²) in [5.41, 5.74) is 0.692. The number of benzene rings is 1. The van der Waals surface area contributed by atoms with Crippen molar-refractivity contribution in [3.05, 3.63) is 40.3 Å². The van der Waals surface area contributed by atoms with E-state index in [2.05, 4.69) is 5.32 Å². The number of carbonyl (C=O) groups excluding carboxylic acids is 3. The lowest BCUT2D eigenvalue weighted by Crippen LogP contribution is -2.30. The van der Waals surface area contributed by atoms with Gasteiger partial charge in [-0.2, -0.15) is 0 Å². The molecule has 1 aromatic carbocycles. The number of amides is 1. The Balaban J connectivity index is 2.20. The molecular weight excluding hydrogens is 382 g/mol. The average Bonchev–Trinajstić information content (AvgIpc) is 2.98. The Morgan fingerprint density at radius 2 is 1.75 bits per heavy atom. The highest BCUT2D eigenvalue weighted by molar-refractivity contribution is 7.18. The zero-order valence-corrected chi connectivity index (χ0v) is 17.3.